The summed E-state index contributed by atoms with van der Waals surface area (Å²) in [6, 6.07) is 18.3. The highest BCUT2D eigenvalue weighted by atomic mass is 31.2. The molecular formula is C31H39N3O9P+. The van der Waals surface area contributed by atoms with Gasteiger partial charge >= 0.3 is 13.7 Å². The summed E-state index contributed by atoms with van der Waals surface area (Å²) in [5.41, 5.74) is 7.54. The first kappa shape index (κ1) is 33.3. The lowest BCUT2D eigenvalue weighted by Gasteiger charge is -2.27. The number of ether oxygens (including phenoxy) is 4. The standard InChI is InChI=1S/C31H38N3O9P/c1-21-13-15-25(16-14-21)43-44(37,33-22(2)30(36)39-19-23-10-7-6-8-11-23)40-20-26(38-5)27-29(42-31(3,4)41-27)34-17-9-12-24(18-34)28(32)35/h6-18,22,26-27,29H,19-20H2,1-5H3,(H2-,32,33,35,37)/p+1/t22?,26?,27-,29-,44?/m1/s1. The Morgan fingerprint density at radius 1 is 1.07 bits per heavy atom. The van der Waals surface area contributed by atoms with E-state index in [4.69, 9.17) is 33.7 Å². The second-order valence-electron chi connectivity index (χ2n) is 10.8. The van der Waals surface area contributed by atoms with E-state index in [0.29, 0.717) is 0 Å². The fraction of sp³-hybridized carbons (Fsp3) is 0.387. The molecule has 1 fully saturated rings. The zero-order valence-electron chi connectivity index (χ0n) is 25.4. The number of pyridine rings is 1. The molecule has 0 saturated carbocycles. The van der Waals surface area contributed by atoms with Gasteiger partial charge in [0.1, 0.15) is 30.1 Å². The number of esters is 1. The third kappa shape index (κ3) is 8.95. The van der Waals surface area contributed by atoms with Crippen LogP contribution in [-0.4, -0.2) is 49.6 Å². The fourth-order valence-electron chi connectivity index (χ4n) is 4.50. The largest absolute Gasteiger partial charge is 0.460 e. The minimum absolute atomic E-state index is 0.0479. The zero-order valence-corrected chi connectivity index (χ0v) is 26.3. The van der Waals surface area contributed by atoms with E-state index in [1.807, 2.05) is 37.3 Å². The lowest BCUT2D eigenvalue weighted by atomic mass is 10.1. The number of aromatic nitrogens is 1. The minimum Gasteiger partial charge on any atom is -0.460 e. The molecule has 5 atom stereocenters. The Kier molecular flexibility index (Phi) is 10.9. The first-order valence-corrected chi connectivity index (χ1v) is 15.6. The maximum Gasteiger partial charge on any atom is 0.459 e. The smallest absolute Gasteiger partial charge is 0.459 e. The van der Waals surface area contributed by atoms with Crippen molar-refractivity contribution < 1.29 is 46.7 Å². The van der Waals surface area contributed by atoms with Gasteiger partial charge in [-0.15, -0.1) is 0 Å². The summed E-state index contributed by atoms with van der Waals surface area (Å²) >= 11 is 0. The van der Waals surface area contributed by atoms with Crippen molar-refractivity contribution in [2.75, 3.05) is 13.7 Å². The average molecular weight is 629 g/mol. The van der Waals surface area contributed by atoms with Gasteiger partial charge in [0.2, 0.25) is 0 Å². The number of nitrogens with one attached hydrogen (secondary N) is 1. The molecule has 1 aliphatic rings. The summed E-state index contributed by atoms with van der Waals surface area (Å²) in [7, 11) is -2.76. The van der Waals surface area contributed by atoms with Gasteiger partial charge in [0, 0.05) is 13.2 Å². The van der Waals surface area contributed by atoms with Crippen LogP contribution >= 0.6 is 7.75 Å². The normalized spacial score (nSPS) is 20.3. The summed E-state index contributed by atoms with van der Waals surface area (Å²) in [5.74, 6) is -2.01. The summed E-state index contributed by atoms with van der Waals surface area (Å²) < 4.78 is 51.0. The highest BCUT2D eigenvalue weighted by Crippen LogP contribution is 2.46. The average Bonchev–Trinajstić information content (AvgIpc) is 3.33. The fourth-order valence-corrected chi connectivity index (χ4v) is 6.00. The van der Waals surface area contributed by atoms with E-state index in [-0.39, 0.29) is 24.5 Å². The van der Waals surface area contributed by atoms with Crippen molar-refractivity contribution in [3.63, 3.8) is 0 Å². The number of hydrogen-bond donors (Lipinski definition) is 2. The molecular weight excluding hydrogens is 589 g/mol. The number of nitrogens with zero attached hydrogens (tertiary/aromatic N) is 1. The van der Waals surface area contributed by atoms with Crippen LogP contribution in [0.25, 0.3) is 0 Å². The lowest BCUT2D eigenvalue weighted by Crippen LogP contribution is -2.50. The van der Waals surface area contributed by atoms with Crippen molar-refractivity contribution in [3.05, 3.63) is 95.8 Å². The van der Waals surface area contributed by atoms with Gasteiger partial charge in [-0.05, 0) is 51.5 Å². The molecule has 12 nitrogen and oxygen atoms in total. The molecule has 1 aromatic heterocycles. The van der Waals surface area contributed by atoms with E-state index >= 15 is 0 Å². The Labute approximate surface area is 256 Å². The number of benzene rings is 2. The third-order valence-electron chi connectivity index (χ3n) is 6.76. The highest BCUT2D eigenvalue weighted by Gasteiger charge is 2.51. The number of rotatable bonds is 14. The van der Waals surface area contributed by atoms with Crippen LogP contribution in [0.3, 0.4) is 0 Å². The number of aryl methyl sites for hydroxylation is 1. The Bertz CT molecular complexity index is 1470. The molecule has 2 heterocycles. The molecule has 1 amide bonds. The van der Waals surface area contributed by atoms with E-state index in [2.05, 4.69) is 5.09 Å². The number of carbonyl (C=O) groups is 2. The van der Waals surface area contributed by atoms with Crippen molar-refractivity contribution in [3.8, 4) is 5.75 Å². The maximum atomic E-state index is 14.1. The van der Waals surface area contributed by atoms with Crippen molar-refractivity contribution in [1.29, 1.82) is 0 Å². The monoisotopic (exact) mass is 628 g/mol. The van der Waals surface area contributed by atoms with Crippen LogP contribution < -0.4 is 19.9 Å². The molecule has 44 heavy (non-hydrogen) atoms. The van der Waals surface area contributed by atoms with Gasteiger partial charge in [-0.3, -0.25) is 18.8 Å². The lowest BCUT2D eigenvalue weighted by molar-refractivity contribution is -0.763. The Morgan fingerprint density at radius 3 is 2.43 bits per heavy atom. The van der Waals surface area contributed by atoms with Crippen molar-refractivity contribution in [1.82, 2.24) is 5.09 Å². The van der Waals surface area contributed by atoms with Crippen LogP contribution in [0.2, 0.25) is 0 Å². The van der Waals surface area contributed by atoms with E-state index in [1.54, 1.807) is 67.2 Å². The minimum atomic E-state index is -4.21. The SMILES string of the molecule is COC(COP(=O)(NC(C)C(=O)OCc1ccccc1)Oc1ccc(C)cc1)[C@H]1OC(C)(C)O[C@H]1[n+]1cccc(C(N)=O)c1. The second-order valence-corrected chi connectivity index (χ2v) is 12.5. The number of hydrogen-bond acceptors (Lipinski definition) is 9. The molecule has 13 heteroatoms. The molecule has 4 rings (SSSR count). The first-order chi connectivity index (χ1) is 20.9. The summed E-state index contributed by atoms with van der Waals surface area (Å²) in [6.07, 6.45) is 0.898. The molecule has 3 unspecified atom stereocenters. The highest BCUT2D eigenvalue weighted by molar-refractivity contribution is 7.52. The molecule has 0 aliphatic carbocycles. The van der Waals surface area contributed by atoms with Gasteiger partial charge in [0.05, 0.1) is 6.61 Å². The summed E-state index contributed by atoms with van der Waals surface area (Å²) in [5, 5.41) is 2.69. The maximum absolute atomic E-state index is 14.1. The number of methoxy groups -OCH3 is 1. The predicted molar refractivity (Wildman–Crippen MR) is 159 cm³/mol. The molecule has 3 aromatic rings. The number of carbonyl (C=O) groups excluding carboxylic acids is 2. The van der Waals surface area contributed by atoms with Crippen molar-refractivity contribution in [2.24, 2.45) is 5.73 Å². The Balaban J connectivity index is 1.52. The van der Waals surface area contributed by atoms with E-state index < -0.39 is 49.9 Å². The van der Waals surface area contributed by atoms with Gasteiger partial charge in [-0.1, -0.05) is 48.0 Å². The zero-order chi connectivity index (χ0) is 31.9. The molecule has 0 radical (unpaired) electrons. The number of primary amides is 1. The van der Waals surface area contributed by atoms with Gasteiger partial charge < -0.3 is 24.5 Å². The second kappa shape index (κ2) is 14.4. The Morgan fingerprint density at radius 2 is 1.77 bits per heavy atom. The van der Waals surface area contributed by atoms with Gasteiger partial charge in [0.25, 0.3) is 12.1 Å². The summed E-state index contributed by atoms with van der Waals surface area (Å²) in [4.78, 5) is 24.6. The van der Waals surface area contributed by atoms with E-state index in [1.165, 1.54) is 14.0 Å². The van der Waals surface area contributed by atoms with Crippen molar-refractivity contribution >= 4 is 19.6 Å². The Hall–Kier alpha value is -3.64. The number of nitrogens with two attached hydrogens (primary N) is 1. The van der Waals surface area contributed by atoms with Crippen LogP contribution in [0.4, 0.5) is 0 Å². The van der Waals surface area contributed by atoms with Gasteiger partial charge in [0.15, 0.2) is 24.3 Å². The predicted octanol–water partition coefficient (Wildman–Crippen LogP) is 3.97. The van der Waals surface area contributed by atoms with E-state index in [0.717, 1.165) is 11.1 Å². The van der Waals surface area contributed by atoms with Gasteiger partial charge in [-0.25, -0.2) is 4.57 Å². The number of amides is 1. The van der Waals surface area contributed by atoms with E-state index in [9.17, 15) is 14.2 Å². The van der Waals surface area contributed by atoms with Gasteiger partial charge in [-0.2, -0.15) is 9.65 Å². The quantitative estimate of drug-likeness (QED) is 0.153. The molecule has 1 saturated heterocycles. The molecule has 1 aliphatic heterocycles. The van der Waals surface area contributed by atoms with Crippen LogP contribution in [0.1, 0.15) is 48.5 Å². The van der Waals surface area contributed by atoms with Crippen LogP contribution in [0.5, 0.6) is 5.75 Å². The van der Waals surface area contributed by atoms with Crippen molar-refractivity contribution in [2.45, 2.75) is 64.6 Å². The first-order valence-electron chi connectivity index (χ1n) is 14.1. The van der Waals surface area contributed by atoms with Crippen LogP contribution in [0, 0.1) is 6.92 Å². The molecule has 3 N–H and O–H groups in total. The molecule has 2 aromatic carbocycles. The molecule has 0 spiro atoms. The topological polar surface area (TPSA) is 149 Å². The van der Waals surface area contributed by atoms with Crippen LogP contribution in [-0.2, 0) is 39.4 Å². The van der Waals surface area contributed by atoms with Crippen LogP contribution in [0.15, 0.2) is 79.1 Å². The summed E-state index contributed by atoms with van der Waals surface area (Å²) in [6.45, 7) is 6.65. The molecule has 236 valence electrons. The molecule has 0 bridgehead atoms. The third-order valence-corrected chi connectivity index (χ3v) is 8.40.